The molecule has 118 valence electrons. The third-order valence-corrected chi connectivity index (χ3v) is 3.51. The Morgan fingerprint density at radius 2 is 2.00 bits per heavy atom. The SMILES string of the molecule is CCCCc1ccc(C(=O)NCC(C)(O)CCOC)cc1. The summed E-state index contributed by atoms with van der Waals surface area (Å²) < 4.78 is 4.94. The fourth-order valence-electron chi connectivity index (χ4n) is 1.99. The monoisotopic (exact) mass is 293 g/mol. The number of aryl methyl sites for hydroxylation is 1. The number of hydrogen-bond acceptors (Lipinski definition) is 3. The highest BCUT2D eigenvalue weighted by Gasteiger charge is 2.21. The van der Waals surface area contributed by atoms with E-state index in [0.29, 0.717) is 18.6 Å². The molecule has 0 saturated carbocycles. The molecule has 0 radical (unpaired) electrons. The summed E-state index contributed by atoms with van der Waals surface area (Å²) in [4.78, 5) is 12.0. The highest BCUT2D eigenvalue weighted by Crippen LogP contribution is 2.10. The van der Waals surface area contributed by atoms with Crippen molar-refractivity contribution in [2.45, 2.75) is 45.1 Å². The molecule has 0 bridgehead atoms. The average molecular weight is 293 g/mol. The van der Waals surface area contributed by atoms with Crippen molar-refractivity contribution in [2.75, 3.05) is 20.3 Å². The lowest BCUT2D eigenvalue weighted by Gasteiger charge is -2.23. The van der Waals surface area contributed by atoms with E-state index in [9.17, 15) is 9.90 Å². The van der Waals surface area contributed by atoms with Gasteiger partial charge in [0.15, 0.2) is 0 Å². The number of ether oxygens (including phenoxy) is 1. The molecule has 0 aliphatic carbocycles. The van der Waals surface area contributed by atoms with Crippen LogP contribution in [0, 0.1) is 0 Å². The van der Waals surface area contributed by atoms with Gasteiger partial charge in [0.25, 0.3) is 5.91 Å². The number of rotatable bonds is 9. The zero-order chi connectivity index (χ0) is 15.7. The van der Waals surface area contributed by atoms with Crippen molar-refractivity contribution in [3.63, 3.8) is 0 Å². The van der Waals surface area contributed by atoms with Gasteiger partial charge in [0.1, 0.15) is 0 Å². The molecule has 0 aromatic heterocycles. The van der Waals surface area contributed by atoms with E-state index in [1.165, 1.54) is 12.0 Å². The van der Waals surface area contributed by atoms with Crippen LogP contribution in [0.1, 0.15) is 49.0 Å². The topological polar surface area (TPSA) is 58.6 Å². The largest absolute Gasteiger partial charge is 0.388 e. The van der Waals surface area contributed by atoms with Gasteiger partial charge in [0.05, 0.1) is 5.60 Å². The van der Waals surface area contributed by atoms with Gasteiger partial charge >= 0.3 is 0 Å². The van der Waals surface area contributed by atoms with Gasteiger partial charge in [-0.05, 0) is 37.5 Å². The van der Waals surface area contributed by atoms with Crippen LogP contribution in [-0.4, -0.2) is 36.9 Å². The van der Waals surface area contributed by atoms with E-state index in [2.05, 4.69) is 12.2 Å². The van der Waals surface area contributed by atoms with E-state index < -0.39 is 5.60 Å². The van der Waals surface area contributed by atoms with Crippen LogP contribution < -0.4 is 5.32 Å². The second kappa shape index (κ2) is 8.80. The second-order valence-corrected chi connectivity index (χ2v) is 5.72. The first-order valence-corrected chi connectivity index (χ1v) is 7.57. The van der Waals surface area contributed by atoms with Gasteiger partial charge in [0, 0.05) is 32.2 Å². The molecule has 1 amide bonds. The normalized spacial score (nSPS) is 13.7. The molecule has 0 aliphatic rings. The van der Waals surface area contributed by atoms with Gasteiger partial charge in [-0.1, -0.05) is 25.5 Å². The van der Waals surface area contributed by atoms with Crippen LogP contribution in [0.2, 0.25) is 0 Å². The zero-order valence-electron chi connectivity index (χ0n) is 13.3. The van der Waals surface area contributed by atoms with Crippen LogP contribution in [0.15, 0.2) is 24.3 Å². The second-order valence-electron chi connectivity index (χ2n) is 5.72. The Labute approximate surface area is 127 Å². The number of hydrogen-bond donors (Lipinski definition) is 2. The van der Waals surface area contributed by atoms with Crippen LogP contribution in [0.4, 0.5) is 0 Å². The van der Waals surface area contributed by atoms with Gasteiger partial charge in [-0.25, -0.2) is 0 Å². The third-order valence-electron chi connectivity index (χ3n) is 3.51. The van der Waals surface area contributed by atoms with Crippen LogP contribution in [0.3, 0.4) is 0 Å². The molecule has 0 heterocycles. The molecule has 1 atom stereocenters. The van der Waals surface area contributed by atoms with Crippen LogP contribution >= 0.6 is 0 Å². The van der Waals surface area contributed by atoms with Gasteiger partial charge in [-0.3, -0.25) is 4.79 Å². The van der Waals surface area contributed by atoms with Crippen molar-refractivity contribution in [3.05, 3.63) is 35.4 Å². The number of carbonyl (C=O) groups excluding carboxylic acids is 1. The highest BCUT2D eigenvalue weighted by molar-refractivity contribution is 5.94. The maximum Gasteiger partial charge on any atom is 0.251 e. The van der Waals surface area contributed by atoms with Crippen molar-refractivity contribution >= 4 is 5.91 Å². The predicted octanol–water partition coefficient (Wildman–Crippen LogP) is 2.55. The maximum absolute atomic E-state index is 12.0. The average Bonchev–Trinajstić information content (AvgIpc) is 2.49. The number of unbranched alkanes of at least 4 members (excludes halogenated alkanes) is 1. The first-order chi connectivity index (χ1) is 9.98. The van der Waals surface area contributed by atoms with E-state index in [1.807, 2.05) is 24.3 Å². The van der Waals surface area contributed by atoms with Crippen LogP contribution in [0.25, 0.3) is 0 Å². The van der Waals surface area contributed by atoms with Crippen molar-refractivity contribution in [1.82, 2.24) is 5.32 Å². The smallest absolute Gasteiger partial charge is 0.251 e. The number of amides is 1. The molecule has 21 heavy (non-hydrogen) atoms. The molecule has 1 unspecified atom stereocenters. The van der Waals surface area contributed by atoms with Crippen molar-refractivity contribution in [3.8, 4) is 0 Å². The molecule has 1 aromatic rings. The summed E-state index contributed by atoms with van der Waals surface area (Å²) in [5, 5.41) is 12.9. The predicted molar refractivity (Wildman–Crippen MR) is 84.5 cm³/mol. The van der Waals surface area contributed by atoms with E-state index in [4.69, 9.17) is 4.74 Å². The van der Waals surface area contributed by atoms with E-state index in [-0.39, 0.29) is 12.5 Å². The van der Waals surface area contributed by atoms with Crippen LogP contribution in [-0.2, 0) is 11.2 Å². The molecule has 4 nitrogen and oxygen atoms in total. The van der Waals surface area contributed by atoms with E-state index >= 15 is 0 Å². The molecular weight excluding hydrogens is 266 g/mol. The fourth-order valence-corrected chi connectivity index (χ4v) is 1.99. The Morgan fingerprint density at radius 3 is 2.57 bits per heavy atom. The molecule has 0 fully saturated rings. The minimum atomic E-state index is -0.952. The highest BCUT2D eigenvalue weighted by atomic mass is 16.5. The summed E-state index contributed by atoms with van der Waals surface area (Å²) in [7, 11) is 1.59. The number of benzene rings is 1. The number of carbonyl (C=O) groups is 1. The summed E-state index contributed by atoms with van der Waals surface area (Å²) in [6.07, 6.45) is 3.86. The van der Waals surface area contributed by atoms with Crippen LogP contribution in [0.5, 0.6) is 0 Å². The Morgan fingerprint density at radius 1 is 1.33 bits per heavy atom. The van der Waals surface area contributed by atoms with Gasteiger partial charge in [-0.2, -0.15) is 0 Å². The fraction of sp³-hybridized carbons (Fsp3) is 0.588. The number of nitrogens with one attached hydrogen (secondary N) is 1. The van der Waals surface area contributed by atoms with Gasteiger partial charge < -0.3 is 15.2 Å². The molecular formula is C17H27NO3. The minimum absolute atomic E-state index is 0.158. The Bertz CT molecular complexity index is 426. The Hall–Kier alpha value is -1.39. The summed E-state index contributed by atoms with van der Waals surface area (Å²) in [6.45, 7) is 4.54. The molecule has 0 spiro atoms. The Balaban J connectivity index is 2.48. The number of methoxy groups -OCH3 is 1. The molecule has 1 rings (SSSR count). The number of aliphatic hydroxyl groups is 1. The lowest BCUT2D eigenvalue weighted by atomic mass is 10.0. The van der Waals surface area contributed by atoms with E-state index in [1.54, 1.807) is 14.0 Å². The summed E-state index contributed by atoms with van der Waals surface area (Å²) in [5.74, 6) is -0.158. The first-order valence-electron chi connectivity index (χ1n) is 7.57. The van der Waals surface area contributed by atoms with Gasteiger partial charge in [-0.15, -0.1) is 0 Å². The molecule has 2 N–H and O–H groups in total. The van der Waals surface area contributed by atoms with Crippen molar-refractivity contribution in [1.29, 1.82) is 0 Å². The lowest BCUT2D eigenvalue weighted by Crippen LogP contribution is -2.41. The van der Waals surface area contributed by atoms with Gasteiger partial charge in [0.2, 0.25) is 0 Å². The molecule has 1 aromatic carbocycles. The quantitative estimate of drug-likeness (QED) is 0.735. The zero-order valence-corrected chi connectivity index (χ0v) is 13.3. The molecule has 4 heteroatoms. The van der Waals surface area contributed by atoms with Crippen molar-refractivity contribution in [2.24, 2.45) is 0 Å². The molecule has 0 saturated heterocycles. The van der Waals surface area contributed by atoms with E-state index in [0.717, 1.165) is 12.8 Å². The summed E-state index contributed by atoms with van der Waals surface area (Å²) in [5.41, 5.74) is 0.922. The standard InChI is InChI=1S/C17H27NO3/c1-4-5-6-14-7-9-15(10-8-14)16(19)18-13-17(2,20)11-12-21-3/h7-10,20H,4-6,11-13H2,1-3H3,(H,18,19). The van der Waals surface area contributed by atoms with Crippen molar-refractivity contribution < 1.29 is 14.6 Å². The maximum atomic E-state index is 12.0. The molecule has 0 aliphatic heterocycles. The minimum Gasteiger partial charge on any atom is -0.388 e. The summed E-state index contributed by atoms with van der Waals surface area (Å²) >= 11 is 0. The lowest BCUT2D eigenvalue weighted by molar-refractivity contribution is 0.0243. The first kappa shape index (κ1) is 17.7. The third kappa shape index (κ3) is 6.74. The Kier molecular flexibility index (Phi) is 7.40. The summed E-state index contributed by atoms with van der Waals surface area (Å²) in [6, 6.07) is 7.66.